The first-order valence-electron chi connectivity index (χ1n) is 11.1. The van der Waals surface area contributed by atoms with Gasteiger partial charge in [-0.1, -0.05) is 42.5 Å². The normalized spacial score (nSPS) is 14.5. The molecule has 1 aliphatic heterocycles. The molecule has 1 fully saturated rings. The second-order valence-corrected chi connectivity index (χ2v) is 8.62. The van der Waals surface area contributed by atoms with Crippen LogP contribution in [0, 0.1) is 0 Å². The first-order chi connectivity index (χ1) is 16.2. The Balaban J connectivity index is 1.18. The van der Waals surface area contributed by atoms with Crippen molar-refractivity contribution in [2.75, 3.05) is 51.3 Å². The molecule has 0 saturated carbocycles. The molecule has 0 bridgehead atoms. The van der Waals surface area contributed by atoms with Crippen LogP contribution in [0.1, 0.15) is 17.0 Å². The molecule has 33 heavy (non-hydrogen) atoms. The van der Waals surface area contributed by atoms with Gasteiger partial charge in [0.25, 0.3) is 0 Å². The van der Waals surface area contributed by atoms with Crippen molar-refractivity contribution in [2.45, 2.75) is 6.42 Å². The summed E-state index contributed by atoms with van der Waals surface area (Å²) in [5.74, 6) is 1.63. The largest absolute Gasteiger partial charge is 0.497 e. The number of piperazine rings is 1. The Morgan fingerprint density at radius 2 is 1.94 bits per heavy atom. The van der Waals surface area contributed by atoms with Crippen molar-refractivity contribution in [1.82, 2.24) is 19.6 Å². The number of amides is 1. The van der Waals surface area contributed by atoms with Crippen molar-refractivity contribution in [3.63, 3.8) is 0 Å². The van der Waals surface area contributed by atoms with E-state index in [0.29, 0.717) is 13.0 Å². The molecule has 0 radical (unpaired) electrons. The average molecular weight is 464 g/mol. The van der Waals surface area contributed by atoms with Crippen LogP contribution in [0.15, 0.2) is 60.7 Å². The topological polar surface area (TPSA) is 70.6 Å². The van der Waals surface area contributed by atoms with Gasteiger partial charge in [-0.05, 0) is 29.3 Å². The minimum atomic E-state index is -0.0603. The Bertz CT molecular complexity index is 1060. The monoisotopic (exact) mass is 463 g/mol. The van der Waals surface area contributed by atoms with Crippen molar-refractivity contribution in [3.8, 4) is 5.75 Å². The fourth-order valence-corrected chi connectivity index (χ4v) is 4.44. The van der Waals surface area contributed by atoms with E-state index in [-0.39, 0.29) is 5.91 Å². The number of hydrogen-bond donors (Lipinski definition) is 1. The molecule has 1 aromatic heterocycles. The Kier molecular flexibility index (Phi) is 8.05. The number of nitrogens with zero attached hydrogens (tertiary/aromatic N) is 4. The van der Waals surface area contributed by atoms with Crippen LogP contribution in [0.3, 0.4) is 0 Å². The lowest BCUT2D eigenvalue weighted by Gasteiger charge is -2.34. The van der Waals surface area contributed by atoms with Crippen molar-refractivity contribution in [1.29, 1.82) is 0 Å². The molecule has 1 N–H and O–H groups in total. The van der Waals surface area contributed by atoms with Gasteiger partial charge in [-0.25, -0.2) is 4.98 Å². The molecule has 2 aromatic carbocycles. The number of rotatable bonds is 9. The van der Waals surface area contributed by atoms with Crippen molar-refractivity contribution >= 4 is 28.6 Å². The number of methoxy groups -OCH3 is 1. The summed E-state index contributed by atoms with van der Waals surface area (Å²) in [5.41, 5.74) is 2.16. The molecule has 2 heterocycles. The van der Waals surface area contributed by atoms with Gasteiger partial charge in [-0.15, -0.1) is 0 Å². The molecular weight excluding hydrogens is 434 g/mol. The van der Waals surface area contributed by atoms with E-state index in [1.165, 1.54) is 11.5 Å². The molecule has 3 aromatic rings. The van der Waals surface area contributed by atoms with Crippen molar-refractivity contribution in [3.05, 3.63) is 77.6 Å². The highest BCUT2D eigenvalue weighted by molar-refractivity contribution is 7.09. The van der Waals surface area contributed by atoms with Crippen LogP contribution >= 0.6 is 11.5 Å². The molecule has 172 valence electrons. The van der Waals surface area contributed by atoms with Gasteiger partial charge in [0.05, 0.1) is 7.11 Å². The summed E-state index contributed by atoms with van der Waals surface area (Å²) in [6, 6.07) is 17.9. The van der Waals surface area contributed by atoms with E-state index in [2.05, 4.69) is 25.6 Å². The van der Waals surface area contributed by atoms with E-state index in [1.54, 1.807) is 13.2 Å². The van der Waals surface area contributed by atoms with Gasteiger partial charge in [0, 0.05) is 63.3 Å². The number of carbonyl (C=O) groups is 1. The van der Waals surface area contributed by atoms with E-state index in [0.717, 1.165) is 60.6 Å². The van der Waals surface area contributed by atoms with Crippen LogP contribution in [0.25, 0.3) is 6.08 Å². The first kappa shape index (κ1) is 22.9. The number of nitrogens with one attached hydrogen (secondary N) is 1. The zero-order chi connectivity index (χ0) is 22.9. The molecule has 1 saturated heterocycles. The van der Waals surface area contributed by atoms with Crippen LogP contribution in [-0.2, 0) is 11.2 Å². The minimum Gasteiger partial charge on any atom is -0.497 e. The van der Waals surface area contributed by atoms with Crippen LogP contribution in [0.2, 0.25) is 0 Å². The van der Waals surface area contributed by atoms with Crippen LogP contribution in [0.5, 0.6) is 5.75 Å². The van der Waals surface area contributed by atoms with Crippen LogP contribution in [-0.4, -0.2) is 66.5 Å². The first-order valence-corrected chi connectivity index (χ1v) is 11.9. The third kappa shape index (κ3) is 6.87. The molecule has 7 nitrogen and oxygen atoms in total. The molecule has 4 rings (SSSR count). The molecule has 0 aliphatic carbocycles. The summed E-state index contributed by atoms with van der Waals surface area (Å²) in [5, 5.41) is 3.95. The number of benzene rings is 2. The van der Waals surface area contributed by atoms with Gasteiger partial charge < -0.3 is 15.0 Å². The molecule has 0 spiro atoms. The predicted molar refractivity (Wildman–Crippen MR) is 133 cm³/mol. The third-order valence-electron chi connectivity index (χ3n) is 5.55. The Morgan fingerprint density at radius 3 is 2.73 bits per heavy atom. The second kappa shape index (κ2) is 11.6. The fourth-order valence-electron chi connectivity index (χ4n) is 3.70. The molecule has 1 aliphatic rings. The SMILES string of the molecule is COc1cccc(Cc2nsc(N3CCN(CCNC(=O)/C=C/c4ccccc4)CC3)n2)c1. The lowest BCUT2D eigenvalue weighted by Crippen LogP contribution is -2.48. The van der Waals surface area contributed by atoms with Gasteiger partial charge in [0.15, 0.2) is 0 Å². The summed E-state index contributed by atoms with van der Waals surface area (Å²) in [7, 11) is 1.68. The van der Waals surface area contributed by atoms with E-state index < -0.39 is 0 Å². The van der Waals surface area contributed by atoms with Gasteiger partial charge >= 0.3 is 0 Å². The minimum absolute atomic E-state index is 0.0603. The highest BCUT2D eigenvalue weighted by atomic mass is 32.1. The van der Waals surface area contributed by atoms with Crippen LogP contribution < -0.4 is 15.0 Å². The zero-order valence-corrected chi connectivity index (χ0v) is 19.6. The summed E-state index contributed by atoms with van der Waals surface area (Å²) >= 11 is 1.46. The lowest BCUT2D eigenvalue weighted by molar-refractivity contribution is -0.116. The predicted octanol–water partition coefficient (Wildman–Crippen LogP) is 3.09. The highest BCUT2D eigenvalue weighted by Gasteiger charge is 2.20. The van der Waals surface area contributed by atoms with Gasteiger partial charge in [-0.3, -0.25) is 9.69 Å². The molecule has 0 unspecified atom stereocenters. The van der Waals surface area contributed by atoms with Crippen molar-refractivity contribution < 1.29 is 9.53 Å². The maximum absolute atomic E-state index is 12.0. The number of ether oxygens (including phenoxy) is 1. The van der Waals surface area contributed by atoms with E-state index in [1.807, 2.05) is 54.6 Å². The zero-order valence-electron chi connectivity index (χ0n) is 18.8. The van der Waals surface area contributed by atoms with Crippen molar-refractivity contribution in [2.24, 2.45) is 0 Å². The molecule has 8 heteroatoms. The Morgan fingerprint density at radius 1 is 1.12 bits per heavy atom. The Hall–Kier alpha value is -3.23. The standard InChI is InChI=1S/C25H29N5O2S/c1-32-22-9-5-8-21(18-22)19-23-27-25(33-28-23)30-16-14-29(15-17-30)13-12-26-24(31)11-10-20-6-3-2-4-7-20/h2-11,18H,12-17,19H2,1H3,(H,26,31)/b11-10+. The molecule has 1 amide bonds. The molecular formula is C25H29N5O2S. The smallest absolute Gasteiger partial charge is 0.244 e. The summed E-state index contributed by atoms with van der Waals surface area (Å²) in [6.07, 6.45) is 4.12. The average Bonchev–Trinajstić information content (AvgIpc) is 3.32. The number of hydrogen-bond acceptors (Lipinski definition) is 7. The lowest BCUT2D eigenvalue weighted by atomic mass is 10.1. The number of aromatic nitrogens is 2. The quantitative estimate of drug-likeness (QED) is 0.492. The molecule has 0 atom stereocenters. The Labute approximate surface area is 198 Å². The summed E-state index contributed by atoms with van der Waals surface area (Å²) in [4.78, 5) is 21.4. The van der Waals surface area contributed by atoms with E-state index >= 15 is 0 Å². The van der Waals surface area contributed by atoms with Crippen LogP contribution in [0.4, 0.5) is 5.13 Å². The van der Waals surface area contributed by atoms with E-state index in [9.17, 15) is 4.79 Å². The summed E-state index contributed by atoms with van der Waals surface area (Å²) < 4.78 is 9.85. The number of anilines is 1. The summed E-state index contributed by atoms with van der Waals surface area (Å²) in [6.45, 7) is 5.20. The second-order valence-electron chi connectivity index (χ2n) is 7.89. The van der Waals surface area contributed by atoms with Gasteiger partial charge in [0.2, 0.25) is 11.0 Å². The number of carbonyl (C=O) groups excluding carboxylic acids is 1. The maximum atomic E-state index is 12.0. The maximum Gasteiger partial charge on any atom is 0.244 e. The fraction of sp³-hybridized carbons (Fsp3) is 0.320. The van der Waals surface area contributed by atoms with Gasteiger partial charge in [-0.2, -0.15) is 4.37 Å². The van der Waals surface area contributed by atoms with Gasteiger partial charge in [0.1, 0.15) is 11.6 Å². The third-order valence-corrected chi connectivity index (χ3v) is 6.37. The van der Waals surface area contributed by atoms with E-state index in [4.69, 9.17) is 9.72 Å². The highest BCUT2D eigenvalue weighted by Crippen LogP contribution is 2.21.